The Morgan fingerprint density at radius 2 is 1.91 bits per heavy atom. The number of halogens is 2. The summed E-state index contributed by atoms with van der Waals surface area (Å²) in [6.45, 7) is 3.35. The zero-order valence-corrected chi connectivity index (χ0v) is 16.5. The molecule has 0 saturated heterocycles. The van der Waals surface area contributed by atoms with E-state index in [-0.39, 0.29) is 11.5 Å². The van der Waals surface area contributed by atoms with Crippen molar-refractivity contribution in [1.29, 1.82) is 0 Å². The van der Waals surface area contributed by atoms with Crippen molar-refractivity contribution in [2.45, 2.75) is 37.7 Å². The van der Waals surface area contributed by atoms with Gasteiger partial charge in [0.15, 0.2) is 0 Å². The number of aliphatic hydroxyl groups excluding tert-OH is 1. The van der Waals surface area contributed by atoms with E-state index in [2.05, 4.69) is 25.9 Å². The molecule has 0 aromatic heterocycles. The Bertz CT molecular complexity index is 520. The normalized spacial score (nSPS) is 19.4. The van der Waals surface area contributed by atoms with Crippen molar-refractivity contribution in [3.63, 3.8) is 0 Å². The quantitative estimate of drug-likeness (QED) is 0.711. The molecule has 0 spiro atoms. The predicted molar refractivity (Wildman–Crippen MR) is 103 cm³/mol. The first-order valence-electron chi connectivity index (χ1n) is 8.21. The smallest absolute Gasteiger partial charge is 0.0727 e. The average Bonchev–Trinajstić information content (AvgIpc) is 2.40. The van der Waals surface area contributed by atoms with Gasteiger partial charge in [-0.25, -0.2) is 0 Å². The fraction of sp³-hybridized carbons (Fsp3) is 0.667. The van der Waals surface area contributed by atoms with Crippen molar-refractivity contribution in [3.05, 3.63) is 33.8 Å². The van der Waals surface area contributed by atoms with E-state index in [1.165, 1.54) is 6.42 Å². The molecule has 1 aliphatic carbocycles. The van der Waals surface area contributed by atoms with Crippen LogP contribution in [0.3, 0.4) is 0 Å². The molecule has 1 aromatic rings. The molecule has 1 aliphatic rings. The summed E-state index contributed by atoms with van der Waals surface area (Å²) in [5.41, 5.74) is 0.999. The lowest BCUT2D eigenvalue weighted by Gasteiger charge is -2.46. The molecule has 0 aliphatic heterocycles. The number of thioether (sulfide) groups is 1. The van der Waals surface area contributed by atoms with Gasteiger partial charge in [-0.05, 0) is 56.3 Å². The van der Waals surface area contributed by atoms with E-state index in [0.29, 0.717) is 16.0 Å². The second-order valence-electron chi connectivity index (χ2n) is 7.06. The molecule has 2 atom stereocenters. The summed E-state index contributed by atoms with van der Waals surface area (Å²) in [6.07, 6.45) is 2.89. The number of benzene rings is 1. The van der Waals surface area contributed by atoms with Crippen LogP contribution in [-0.2, 0) is 5.41 Å². The minimum absolute atomic E-state index is 0.133. The van der Waals surface area contributed by atoms with Gasteiger partial charge in [0.1, 0.15) is 0 Å². The van der Waals surface area contributed by atoms with Crippen LogP contribution in [0.4, 0.5) is 0 Å². The van der Waals surface area contributed by atoms with E-state index in [9.17, 15) is 5.11 Å². The van der Waals surface area contributed by atoms with Crippen molar-refractivity contribution < 1.29 is 5.11 Å². The average molecular weight is 376 g/mol. The molecule has 0 bridgehead atoms. The summed E-state index contributed by atoms with van der Waals surface area (Å²) in [7, 11) is 4.20. The van der Waals surface area contributed by atoms with Crippen LogP contribution in [0.25, 0.3) is 0 Å². The number of hydrogen-bond acceptors (Lipinski definition) is 3. The molecule has 0 heterocycles. The van der Waals surface area contributed by atoms with Gasteiger partial charge in [-0.3, -0.25) is 0 Å². The van der Waals surface area contributed by atoms with Gasteiger partial charge in [0.25, 0.3) is 0 Å². The van der Waals surface area contributed by atoms with Crippen molar-refractivity contribution >= 4 is 35.0 Å². The maximum absolute atomic E-state index is 10.8. The molecule has 0 radical (unpaired) electrons. The third kappa shape index (κ3) is 4.79. The van der Waals surface area contributed by atoms with Crippen molar-refractivity contribution in [2.75, 3.05) is 32.1 Å². The molecule has 1 saturated carbocycles. The Hall–Kier alpha value is 0.0700. The van der Waals surface area contributed by atoms with Crippen LogP contribution >= 0.6 is 35.0 Å². The van der Waals surface area contributed by atoms with Crippen LogP contribution in [0.15, 0.2) is 18.2 Å². The molecule has 1 N–H and O–H groups in total. The van der Waals surface area contributed by atoms with Crippen molar-refractivity contribution in [1.82, 2.24) is 4.90 Å². The summed E-state index contributed by atoms with van der Waals surface area (Å²) in [5.74, 6) is 2.48. The van der Waals surface area contributed by atoms with Gasteiger partial charge in [0.2, 0.25) is 0 Å². The van der Waals surface area contributed by atoms with E-state index < -0.39 is 0 Å². The largest absolute Gasteiger partial charge is 0.391 e. The topological polar surface area (TPSA) is 23.5 Å². The molecule has 1 fully saturated rings. The van der Waals surface area contributed by atoms with Crippen LogP contribution in [0.1, 0.15) is 31.7 Å². The van der Waals surface area contributed by atoms with Crippen LogP contribution in [0, 0.1) is 5.92 Å². The zero-order chi connectivity index (χ0) is 17.0. The van der Waals surface area contributed by atoms with Crippen molar-refractivity contribution in [3.8, 4) is 0 Å². The Kier molecular flexibility index (Phi) is 7.12. The van der Waals surface area contributed by atoms with Crippen LogP contribution < -0.4 is 0 Å². The molecular formula is C18H27Cl2NOS. The Morgan fingerprint density at radius 1 is 1.22 bits per heavy atom. The SMILES string of the molecule is CC(CSCC(O)C1(c2ccc(Cl)c(Cl)c2)CCC1)CN(C)C. The standard InChI is InChI=1S/C18H27Cl2NOS/c1-13(10-21(2)3)11-23-12-17(22)18(7-4-8-18)14-5-6-15(19)16(20)9-14/h5-6,9,13,17,22H,4,7-8,10-12H2,1-3H3. The molecule has 2 nitrogen and oxygen atoms in total. The summed E-state index contributed by atoms with van der Waals surface area (Å²) < 4.78 is 0. The van der Waals surface area contributed by atoms with Gasteiger partial charge in [-0.15, -0.1) is 0 Å². The lowest BCUT2D eigenvalue weighted by Crippen LogP contribution is -2.47. The number of nitrogens with zero attached hydrogens (tertiary/aromatic N) is 1. The van der Waals surface area contributed by atoms with E-state index in [4.69, 9.17) is 23.2 Å². The summed E-state index contributed by atoms with van der Waals surface area (Å²) >= 11 is 14.1. The highest BCUT2D eigenvalue weighted by Crippen LogP contribution is 2.48. The molecule has 2 rings (SSSR count). The number of rotatable bonds is 8. The molecule has 23 heavy (non-hydrogen) atoms. The molecule has 130 valence electrons. The Morgan fingerprint density at radius 3 is 2.43 bits per heavy atom. The molecular weight excluding hydrogens is 349 g/mol. The maximum Gasteiger partial charge on any atom is 0.0727 e. The highest BCUT2D eigenvalue weighted by Gasteiger charge is 2.44. The third-order valence-corrected chi connectivity index (χ3v) is 6.83. The first-order chi connectivity index (χ1) is 10.8. The third-order valence-electron chi connectivity index (χ3n) is 4.73. The first-order valence-corrected chi connectivity index (χ1v) is 10.1. The van der Waals surface area contributed by atoms with Crippen LogP contribution in [0.5, 0.6) is 0 Å². The van der Waals surface area contributed by atoms with E-state index >= 15 is 0 Å². The minimum atomic E-state index is -0.329. The fourth-order valence-corrected chi connectivity index (χ4v) is 4.88. The summed E-state index contributed by atoms with van der Waals surface area (Å²) in [6, 6.07) is 5.81. The van der Waals surface area contributed by atoms with Gasteiger partial charge >= 0.3 is 0 Å². The molecule has 1 aromatic carbocycles. The number of aliphatic hydroxyl groups is 1. The van der Waals surface area contributed by atoms with E-state index in [0.717, 1.165) is 36.5 Å². The first kappa shape index (κ1) is 19.4. The zero-order valence-electron chi connectivity index (χ0n) is 14.2. The number of hydrogen-bond donors (Lipinski definition) is 1. The lowest BCUT2D eigenvalue weighted by molar-refractivity contribution is 0.0455. The monoisotopic (exact) mass is 375 g/mol. The van der Waals surface area contributed by atoms with Gasteiger partial charge < -0.3 is 10.0 Å². The summed E-state index contributed by atoms with van der Waals surface area (Å²) in [5, 5.41) is 12.0. The Labute approximate surface area is 154 Å². The Balaban J connectivity index is 1.95. The highest BCUT2D eigenvalue weighted by molar-refractivity contribution is 7.99. The lowest BCUT2D eigenvalue weighted by atomic mass is 9.61. The van der Waals surface area contributed by atoms with Crippen molar-refractivity contribution in [2.24, 2.45) is 5.92 Å². The van der Waals surface area contributed by atoms with Gasteiger partial charge in [-0.1, -0.05) is 42.6 Å². The van der Waals surface area contributed by atoms with Gasteiger partial charge in [0.05, 0.1) is 16.1 Å². The maximum atomic E-state index is 10.8. The van der Waals surface area contributed by atoms with Crippen LogP contribution in [0.2, 0.25) is 10.0 Å². The van der Waals surface area contributed by atoms with Gasteiger partial charge in [-0.2, -0.15) is 11.8 Å². The van der Waals surface area contributed by atoms with Gasteiger partial charge in [0, 0.05) is 17.7 Å². The minimum Gasteiger partial charge on any atom is -0.391 e. The second-order valence-corrected chi connectivity index (χ2v) is 8.95. The molecule has 2 unspecified atom stereocenters. The van der Waals surface area contributed by atoms with E-state index in [1.54, 1.807) is 0 Å². The van der Waals surface area contributed by atoms with E-state index in [1.807, 2.05) is 30.0 Å². The fourth-order valence-electron chi connectivity index (χ4n) is 3.39. The highest BCUT2D eigenvalue weighted by atomic mass is 35.5. The molecule has 0 amide bonds. The molecule has 5 heteroatoms. The predicted octanol–water partition coefficient (Wildman–Crippen LogP) is 4.71. The second kappa shape index (κ2) is 8.44. The summed E-state index contributed by atoms with van der Waals surface area (Å²) in [4.78, 5) is 2.21. The van der Waals surface area contributed by atoms with Crippen LogP contribution in [-0.4, -0.2) is 48.3 Å².